The van der Waals surface area contributed by atoms with Gasteiger partial charge in [0.1, 0.15) is 0 Å². The van der Waals surface area contributed by atoms with Crippen LogP contribution in [0.1, 0.15) is 24.8 Å². The van der Waals surface area contributed by atoms with E-state index in [1.807, 2.05) is 6.07 Å². The maximum absolute atomic E-state index is 12.7. The van der Waals surface area contributed by atoms with Crippen molar-refractivity contribution in [3.05, 3.63) is 28.0 Å². The van der Waals surface area contributed by atoms with E-state index in [-0.39, 0.29) is 5.56 Å². The number of aromatic nitrogens is 1. The predicted octanol–water partition coefficient (Wildman–Crippen LogP) is 2.47. The summed E-state index contributed by atoms with van der Waals surface area (Å²) in [5.41, 5.74) is 1.34. The number of pyridine rings is 1. The van der Waals surface area contributed by atoms with Gasteiger partial charge in [0, 0.05) is 29.6 Å². The first kappa shape index (κ1) is 20.5. The van der Waals surface area contributed by atoms with E-state index in [0.29, 0.717) is 35.4 Å². The molecule has 2 aromatic rings. The highest BCUT2D eigenvalue weighted by Crippen LogP contribution is 2.42. The Balaban J connectivity index is 1.94. The van der Waals surface area contributed by atoms with Crippen molar-refractivity contribution in [2.24, 2.45) is 0 Å². The number of methoxy groups -OCH3 is 3. The average Bonchev–Trinajstić information content (AvgIpc) is 2.92. The van der Waals surface area contributed by atoms with Crippen LogP contribution in [0.15, 0.2) is 16.9 Å². The monoisotopic (exact) mass is 389 g/mol. The topological polar surface area (TPSA) is 67.0 Å². The molecule has 1 saturated heterocycles. The van der Waals surface area contributed by atoms with E-state index in [9.17, 15) is 4.79 Å². The molecule has 0 unspecified atom stereocenters. The van der Waals surface area contributed by atoms with Gasteiger partial charge in [-0.05, 0) is 52.5 Å². The molecule has 0 radical (unpaired) electrons. The summed E-state index contributed by atoms with van der Waals surface area (Å²) in [6, 6.07) is 4.30. The van der Waals surface area contributed by atoms with Gasteiger partial charge in [0.05, 0.1) is 26.8 Å². The molecular formula is C21H31N3O4. The van der Waals surface area contributed by atoms with Crippen molar-refractivity contribution in [1.29, 1.82) is 0 Å². The zero-order valence-electron chi connectivity index (χ0n) is 17.5. The Labute approximate surface area is 166 Å². The fourth-order valence-electron chi connectivity index (χ4n) is 4.04. The maximum Gasteiger partial charge on any atom is 0.252 e. The standard InChI is InChI=1S/C21H31N3O4/c1-23(2)15-7-6-9-24(10-8-15)13-14-11-16-17(22-21(14)25)12-18(26-3)20(28-5)19(16)27-4/h11-12,15H,6-10,13H2,1-5H3,(H,22,25)/t15-/m0/s1. The summed E-state index contributed by atoms with van der Waals surface area (Å²) in [5, 5.41) is 0.815. The van der Waals surface area contributed by atoms with Gasteiger partial charge in [0.2, 0.25) is 5.75 Å². The van der Waals surface area contributed by atoms with Crippen molar-refractivity contribution in [1.82, 2.24) is 14.8 Å². The van der Waals surface area contributed by atoms with Crippen molar-refractivity contribution < 1.29 is 14.2 Å². The van der Waals surface area contributed by atoms with E-state index in [2.05, 4.69) is 28.9 Å². The van der Waals surface area contributed by atoms with E-state index in [0.717, 1.165) is 36.9 Å². The highest BCUT2D eigenvalue weighted by atomic mass is 16.5. The zero-order chi connectivity index (χ0) is 20.3. The fraction of sp³-hybridized carbons (Fsp3) is 0.571. The largest absolute Gasteiger partial charge is 0.493 e. The van der Waals surface area contributed by atoms with Crippen LogP contribution in [0.2, 0.25) is 0 Å². The Bertz CT molecular complexity index is 878. The lowest BCUT2D eigenvalue weighted by molar-refractivity contribution is 0.245. The summed E-state index contributed by atoms with van der Waals surface area (Å²) in [6.45, 7) is 2.62. The minimum Gasteiger partial charge on any atom is -0.493 e. The number of likely N-dealkylation sites (tertiary alicyclic amines) is 1. The molecule has 0 spiro atoms. The molecule has 7 heteroatoms. The van der Waals surface area contributed by atoms with Gasteiger partial charge >= 0.3 is 0 Å². The molecule has 0 amide bonds. The highest BCUT2D eigenvalue weighted by Gasteiger charge is 2.21. The van der Waals surface area contributed by atoms with Gasteiger partial charge in [-0.1, -0.05) is 0 Å². The maximum atomic E-state index is 12.7. The third kappa shape index (κ3) is 4.10. The number of fused-ring (bicyclic) bond motifs is 1. The number of benzene rings is 1. The number of rotatable bonds is 6. The smallest absolute Gasteiger partial charge is 0.252 e. The molecule has 1 aromatic carbocycles. The normalized spacial score (nSPS) is 18.3. The fourth-order valence-corrected chi connectivity index (χ4v) is 4.04. The molecule has 1 aromatic heterocycles. The van der Waals surface area contributed by atoms with E-state index in [1.54, 1.807) is 27.4 Å². The molecular weight excluding hydrogens is 358 g/mol. The highest BCUT2D eigenvalue weighted by molar-refractivity contribution is 5.90. The Morgan fingerprint density at radius 2 is 1.82 bits per heavy atom. The first-order valence-corrected chi connectivity index (χ1v) is 9.72. The first-order chi connectivity index (χ1) is 13.5. The predicted molar refractivity (Wildman–Crippen MR) is 111 cm³/mol. The van der Waals surface area contributed by atoms with Crippen molar-refractivity contribution in [3.63, 3.8) is 0 Å². The second kappa shape index (κ2) is 8.84. The number of hydrogen-bond donors (Lipinski definition) is 1. The second-order valence-corrected chi connectivity index (χ2v) is 7.55. The molecule has 0 bridgehead atoms. The van der Waals surface area contributed by atoms with Crippen LogP contribution in [0, 0.1) is 0 Å². The molecule has 1 fully saturated rings. The van der Waals surface area contributed by atoms with Crippen LogP contribution in [0.3, 0.4) is 0 Å². The summed E-state index contributed by atoms with van der Waals surface area (Å²) in [5.74, 6) is 1.62. The van der Waals surface area contributed by atoms with E-state index < -0.39 is 0 Å². The first-order valence-electron chi connectivity index (χ1n) is 9.72. The minimum absolute atomic E-state index is 0.0739. The number of aromatic amines is 1. The summed E-state index contributed by atoms with van der Waals surface area (Å²) in [7, 11) is 9.02. The summed E-state index contributed by atoms with van der Waals surface area (Å²) in [6.07, 6.45) is 3.46. The molecule has 1 N–H and O–H groups in total. The lowest BCUT2D eigenvalue weighted by atomic mass is 10.1. The number of nitrogens with zero attached hydrogens (tertiary/aromatic N) is 2. The van der Waals surface area contributed by atoms with Crippen molar-refractivity contribution in [2.45, 2.75) is 31.8 Å². The molecule has 1 aliphatic rings. The van der Waals surface area contributed by atoms with Gasteiger partial charge in [0.25, 0.3) is 5.56 Å². The van der Waals surface area contributed by atoms with Gasteiger partial charge in [0.15, 0.2) is 11.5 Å². The molecule has 1 aliphatic heterocycles. The Morgan fingerprint density at radius 1 is 1.07 bits per heavy atom. The lowest BCUT2D eigenvalue weighted by Gasteiger charge is -2.23. The Morgan fingerprint density at radius 3 is 2.46 bits per heavy atom. The van der Waals surface area contributed by atoms with E-state index in [4.69, 9.17) is 14.2 Å². The van der Waals surface area contributed by atoms with Crippen molar-refractivity contribution >= 4 is 10.9 Å². The molecule has 0 aliphatic carbocycles. The summed E-state index contributed by atoms with van der Waals surface area (Å²) < 4.78 is 16.5. The van der Waals surface area contributed by atoms with E-state index in [1.165, 1.54) is 6.42 Å². The van der Waals surface area contributed by atoms with E-state index >= 15 is 0 Å². The van der Waals surface area contributed by atoms with Crippen LogP contribution >= 0.6 is 0 Å². The number of ether oxygens (including phenoxy) is 3. The molecule has 3 rings (SSSR count). The summed E-state index contributed by atoms with van der Waals surface area (Å²) in [4.78, 5) is 20.4. The third-order valence-electron chi connectivity index (χ3n) is 5.64. The number of hydrogen-bond acceptors (Lipinski definition) is 6. The minimum atomic E-state index is -0.0739. The quantitative estimate of drug-likeness (QED) is 0.819. The third-order valence-corrected chi connectivity index (χ3v) is 5.64. The Hall–Kier alpha value is -2.25. The van der Waals surface area contributed by atoms with Crippen LogP contribution in [0.25, 0.3) is 10.9 Å². The van der Waals surface area contributed by atoms with Crippen LogP contribution in [-0.4, -0.2) is 69.3 Å². The molecule has 154 valence electrons. The summed E-state index contributed by atoms with van der Waals surface area (Å²) >= 11 is 0. The van der Waals surface area contributed by atoms with Crippen LogP contribution < -0.4 is 19.8 Å². The van der Waals surface area contributed by atoms with Crippen LogP contribution in [-0.2, 0) is 6.54 Å². The lowest BCUT2D eigenvalue weighted by Crippen LogP contribution is -2.31. The SMILES string of the molecule is COc1cc2[nH]c(=O)c(CN3CCC[C@H](N(C)C)CC3)cc2c(OC)c1OC. The zero-order valence-corrected chi connectivity index (χ0v) is 17.5. The second-order valence-electron chi connectivity index (χ2n) is 7.55. The van der Waals surface area contributed by atoms with Crippen molar-refractivity contribution in [3.8, 4) is 17.2 Å². The molecule has 1 atom stereocenters. The number of H-pyrrole nitrogens is 1. The molecule has 28 heavy (non-hydrogen) atoms. The number of nitrogens with one attached hydrogen (secondary N) is 1. The van der Waals surface area contributed by atoms with Crippen LogP contribution in [0.5, 0.6) is 17.2 Å². The van der Waals surface area contributed by atoms with Crippen LogP contribution in [0.4, 0.5) is 0 Å². The van der Waals surface area contributed by atoms with Gasteiger partial charge in [-0.15, -0.1) is 0 Å². The molecule has 7 nitrogen and oxygen atoms in total. The molecule has 2 heterocycles. The van der Waals surface area contributed by atoms with Gasteiger partial charge < -0.3 is 24.1 Å². The van der Waals surface area contributed by atoms with Crippen molar-refractivity contribution in [2.75, 3.05) is 48.5 Å². The van der Waals surface area contributed by atoms with Gasteiger partial charge in [-0.2, -0.15) is 0 Å². The average molecular weight is 389 g/mol. The molecule has 0 saturated carbocycles. The van der Waals surface area contributed by atoms with Gasteiger partial charge in [-0.3, -0.25) is 9.69 Å². The van der Waals surface area contributed by atoms with Gasteiger partial charge in [-0.25, -0.2) is 0 Å². The Kier molecular flexibility index (Phi) is 6.46.